The molecule has 0 fully saturated rings. The smallest absolute Gasteiger partial charge is 0.0433 e. The summed E-state index contributed by atoms with van der Waals surface area (Å²) in [5.74, 6) is 0. The van der Waals surface area contributed by atoms with Gasteiger partial charge in [-0.2, -0.15) is 0 Å². The molecule has 0 bridgehead atoms. The number of nitrogen functional groups attached to an aromatic ring is 1. The molecule has 0 amide bonds. The number of anilines is 1. The molecular weight excluding hydrogens is 148 g/mol. The Morgan fingerprint density at radius 3 is 3.08 bits per heavy atom. The number of fused-ring (bicyclic) bond motifs is 1. The second-order valence-corrected chi connectivity index (χ2v) is 3.13. The molecule has 0 saturated carbocycles. The summed E-state index contributed by atoms with van der Waals surface area (Å²) in [6, 6.07) is 6.06. The van der Waals surface area contributed by atoms with Gasteiger partial charge in [0.05, 0.1) is 0 Å². The van der Waals surface area contributed by atoms with Crippen LogP contribution in [0, 0.1) is 0 Å². The van der Waals surface area contributed by atoms with Gasteiger partial charge in [-0.25, -0.2) is 0 Å². The van der Waals surface area contributed by atoms with Crippen LogP contribution in [0.5, 0.6) is 0 Å². The van der Waals surface area contributed by atoms with E-state index in [9.17, 15) is 0 Å². The van der Waals surface area contributed by atoms with E-state index in [-0.39, 0.29) is 0 Å². The lowest BCUT2D eigenvalue weighted by molar-refractivity contribution is 0.942. The predicted molar refractivity (Wildman–Crippen MR) is 51.6 cm³/mol. The summed E-state index contributed by atoms with van der Waals surface area (Å²) in [6.07, 6.45) is 1.05. The van der Waals surface area contributed by atoms with Crippen LogP contribution in [0.15, 0.2) is 23.2 Å². The van der Waals surface area contributed by atoms with Gasteiger partial charge >= 0.3 is 0 Å². The molecule has 0 aliphatic carbocycles. The topological polar surface area (TPSA) is 38.4 Å². The Hall–Kier alpha value is -1.31. The minimum Gasteiger partial charge on any atom is -0.399 e. The highest BCUT2D eigenvalue weighted by Crippen LogP contribution is 2.18. The van der Waals surface area contributed by atoms with E-state index < -0.39 is 0 Å². The number of hydrogen-bond donors (Lipinski definition) is 1. The van der Waals surface area contributed by atoms with Crippen molar-refractivity contribution in [1.82, 2.24) is 0 Å². The molecule has 1 aliphatic rings. The summed E-state index contributed by atoms with van der Waals surface area (Å²) < 4.78 is 0. The molecule has 0 aromatic heterocycles. The first-order chi connectivity index (χ1) is 5.77. The van der Waals surface area contributed by atoms with Gasteiger partial charge in [-0.3, -0.25) is 4.99 Å². The van der Waals surface area contributed by atoms with Crippen LogP contribution in [-0.4, -0.2) is 12.3 Å². The second-order valence-electron chi connectivity index (χ2n) is 3.13. The summed E-state index contributed by atoms with van der Waals surface area (Å²) in [6.45, 7) is 2.96. The Morgan fingerprint density at radius 2 is 2.25 bits per heavy atom. The van der Waals surface area contributed by atoms with Crippen molar-refractivity contribution in [3.05, 3.63) is 29.3 Å². The molecule has 0 unspecified atom stereocenters. The van der Waals surface area contributed by atoms with Gasteiger partial charge in [-0.1, -0.05) is 6.07 Å². The highest BCUT2D eigenvalue weighted by molar-refractivity contribution is 6.01. The van der Waals surface area contributed by atoms with E-state index in [1.54, 1.807) is 0 Å². The number of aliphatic imine (C=N–C) groups is 1. The predicted octanol–water partition coefficient (Wildman–Crippen LogP) is 1.63. The van der Waals surface area contributed by atoms with Crippen LogP contribution in [-0.2, 0) is 6.42 Å². The largest absolute Gasteiger partial charge is 0.399 e. The normalized spacial score (nSPS) is 15.2. The number of hydrogen-bond acceptors (Lipinski definition) is 2. The maximum atomic E-state index is 5.69. The molecule has 62 valence electrons. The van der Waals surface area contributed by atoms with Crippen LogP contribution < -0.4 is 5.73 Å². The Bertz CT molecular complexity index is 340. The van der Waals surface area contributed by atoms with Crippen molar-refractivity contribution in [3.63, 3.8) is 0 Å². The zero-order chi connectivity index (χ0) is 8.55. The van der Waals surface area contributed by atoms with Crippen molar-refractivity contribution < 1.29 is 0 Å². The van der Waals surface area contributed by atoms with E-state index in [0.717, 1.165) is 24.4 Å². The first kappa shape index (κ1) is 7.35. The Morgan fingerprint density at radius 1 is 1.42 bits per heavy atom. The third-order valence-electron chi connectivity index (χ3n) is 2.25. The van der Waals surface area contributed by atoms with Crippen molar-refractivity contribution in [2.45, 2.75) is 13.3 Å². The summed E-state index contributed by atoms with van der Waals surface area (Å²) in [4.78, 5) is 4.37. The average Bonchev–Trinajstić information content (AvgIpc) is 2.07. The van der Waals surface area contributed by atoms with E-state index in [2.05, 4.69) is 11.1 Å². The zero-order valence-corrected chi connectivity index (χ0v) is 7.17. The molecule has 1 aliphatic heterocycles. The molecule has 0 saturated heterocycles. The summed E-state index contributed by atoms with van der Waals surface area (Å²) in [5.41, 5.74) is 10.2. The maximum Gasteiger partial charge on any atom is 0.0433 e. The molecular formula is C10H12N2. The van der Waals surface area contributed by atoms with Crippen LogP contribution >= 0.6 is 0 Å². The molecule has 0 radical (unpaired) electrons. The minimum absolute atomic E-state index is 0.824. The van der Waals surface area contributed by atoms with E-state index >= 15 is 0 Å². The molecule has 1 heterocycles. The van der Waals surface area contributed by atoms with Gasteiger partial charge in [0.25, 0.3) is 0 Å². The van der Waals surface area contributed by atoms with Crippen LogP contribution in [0.4, 0.5) is 5.69 Å². The number of nitrogens with two attached hydrogens (primary N) is 1. The average molecular weight is 160 g/mol. The molecule has 1 aromatic rings. The fourth-order valence-electron chi connectivity index (χ4n) is 1.58. The molecule has 12 heavy (non-hydrogen) atoms. The highest BCUT2D eigenvalue weighted by Gasteiger charge is 2.09. The minimum atomic E-state index is 0.824. The van der Waals surface area contributed by atoms with E-state index in [1.807, 2.05) is 19.1 Å². The van der Waals surface area contributed by atoms with Crippen LogP contribution in [0.3, 0.4) is 0 Å². The molecule has 2 rings (SSSR count). The van der Waals surface area contributed by atoms with Gasteiger partial charge in [0.1, 0.15) is 0 Å². The SMILES string of the molecule is CC1=NCCc2ccc(N)cc21. The maximum absolute atomic E-state index is 5.69. The van der Waals surface area contributed by atoms with E-state index in [1.165, 1.54) is 11.1 Å². The molecule has 1 aromatic carbocycles. The molecule has 0 atom stereocenters. The fraction of sp³-hybridized carbons (Fsp3) is 0.300. The second kappa shape index (κ2) is 2.63. The Kier molecular flexibility index (Phi) is 1.61. The van der Waals surface area contributed by atoms with Gasteiger partial charge in [0, 0.05) is 23.5 Å². The van der Waals surface area contributed by atoms with Gasteiger partial charge in [-0.15, -0.1) is 0 Å². The molecule has 2 N–H and O–H groups in total. The number of nitrogens with zero attached hydrogens (tertiary/aromatic N) is 1. The van der Waals surface area contributed by atoms with Crippen LogP contribution in [0.2, 0.25) is 0 Å². The quantitative estimate of drug-likeness (QED) is 0.575. The van der Waals surface area contributed by atoms with Gasteiger partial charge in [0.15, 0.2) is 0 Å². The fourth-order valence-corrected chi connectivity index (χ4v) is 1.58. The summed E-state index contributed by atoms with van der Waals surface area (Å²) >= 11 is 0. The Balaban J connectivity index is 2.58. The lowest BCUT2D eigenvalue weighted by atomic mass is 9.98. The van der Waals surface area contributed by atoms with Crippen molar-refractivity contribution in [1.29, 1.82) is 0 Å². The standard InChI is InChI=1S/C10H12N2/c1-7-10-6-9(11)3-2-8(10)4-5-12-7/h2-3,6H,4-5,11H2,1H3. The lowest BCUT2D eigenvalue weighted by Crippen LogP contribution is -2.10. The first-order valence-electron chi connectivity index (χ1n) is 4.17. The molecule has 0 spiro atoms. The zero-order valence-electron chi connectivity index (χ0n) is 7.17. The monoisotopic (exact) mass is 160 g/mol. The van der Waals surface area contributed by atoms with Crippen molar-refractivity contribution >= 4 is 11.4 Å². The molecule has 2 heteroatoms. The third kappa shape index (κ3) is 1.09. The summed E-state index contributed by atoms with van der Waals surface area (Å²) in [7, 11) is 0. The van der Waals surface area contributed by atoms with Crippen LogP contribution in [0.25, 0.3) is 0 Å². The van der Waals surface area contributed by atoms with Crippen molar-refractivity contribution in [2.24, 2.45) is 4.99 Å². The third-order valence-corrected chi connectivity index (χ3v) is 2.25. The van der Waals surface area contributed by atoms with Gasteiger partial charge in [-0.05, 0) is 31.0 Å². The number of benzene rings is 1. The van der Waals surface area contributed by atoms with Gasteiger partial charge < -0.3 is 5.73 Å². The summed E-state index contributed by atoms with van der Waals surface area (Å²) in [5, 5.41) is 0. The first-order valence-corrected chi connectivity index (χ1v) is 4.17. The molecule has 2 nitrogen and oxygen atoms in total. The van der Waals surface area contributed by atoms with Gasteiger partial charge in [0.2, 0.25) is 0 Å². The van der Waals surface area contributed by atoms with Crippen molar-refractivity contribution in [3.8, 4) is 0 Å². The highest BCUT2D eigenvalue weighted by atomic mass is 14.7. The van der Waals surface area contributed by atoms with Crippen molar-refractivity contribution in [2.75, 3.05) is 12.3 Å². The van der Waals surface area contributed by atoms with E-state index in [0.29, 0.717) is 0 Å². The van der Waals surface area contributed by atoms with E-state index in [4.69, 9.17) is 5.73 Å². The Labute approximate surface area is 72.1 Å². The number of rotatable bonds is 0. The van der Waals surface area contributed by atoms with Crippen LogP contribution in [0.1, 0.15) is 18.1 Å². The lowest BCUT2D eigenvalue weighted by Gasteiger charge is -2.14.